The van der Waals surface area contributed by atoms with Crippen LogP contribution in [0.2, 0.25) is 0 Å². The van der Waals surface area contributed by atoms with E-state index >= 15 is 0 Å². The molecule has 0 aromatic carbocycles. The van der Waals surface area contributed by atoms with Crippen LogP contribution >= 0.6 is 0 Å². The van der Waals surface area contributed by atoms with Crippen molar-refractivity contribution < 1.29 is 4.74 Å². The quantitative estimate of drug-likeness (QED) is 0.815. The Morgan fingerprint density at radius 2 is 2.06 bits per heavy atom. The van der Waals surface area contributed by atoms with Gasteiger partial charge in [-0.15, -0.1) is 0 Å². The lowest BCUT2D eigenvalue weighted by molar-refractivity contribution is -0.0595. The molecular weight excluding hydrogens is 212 g/mol. The number of rotatable bonds is 3. The van der Waals surface area contributed by atoms with Crippen LogP contribution in [0.1, 0.15) is 40.5 Å². The fraction of sp³-hybridized carbons (Fsp3) is 1.00. The van der Waals surface area contributed by atoms with Crippen LogP contribution in [0.25, 0.3) is 0 Å². The number of nitrogens with one attached hydrogen (secondary N) is 1. The normalized spacial score (nSPS) is 35.6. The summed E-state index contributed by atoms with van der Waals surface area (Å²) in [4.78, 5) is 2.67. The van der Waals surface area contributed by atoms with Gasteiger partial charge in [0.1, 0.15) is 0 Å². The standard InChI is InChI=1S/C14H28N2O/c1-11-10-17-8-7-16(11)13-6-5-12(13)9-15-14(2,3)4/h11-13,15H,5-10H2,1-4H3. The first-order chi connectivity index (χ1) is 7.97. The van der Waals surface area contributed by atoms with Gasteiger partial charge < -0.3 is 10.1 Å². The van der Waals surface area contributed by atoms with Gasteiger partial charge in [0.25, 0.3) is 0 Å². The molecule has 1 heterocycles. The predicted molar refractivity (Wildman–Crippen MR) is 71.3 cm³/mol. The monoisotopic (exact) mass is 240 g/mol. The van der Waals surface area contributed by atoms with E-state index in [0.29, 0.717) is 6.04 Å². The van der Waals surface area contributed by atoms with Crippen molar-refractivity contribution in [3.8, 4) is 0 Å². The Morgan fingerprint density at radius 1 is 1.29 bits per heavy atom. The zero-order valence-electron chi connectivity index (χ0n) is 11.8. The molecule has 0 radical (unpaired) electrons. The van der Waals surface area contributed by atoms with E-state index in [-0.39, 0.29) is 5.54 Å². The third-order valence-corrected chi connectivity index (χ3v) is 4.12. The van der Waals surface area contributed by atoms with Gasteiger partial charge in [-0.1, -0.05) is 0 Å². The molecule has 0 aromatic rings. The lowest BCUT2D eigenvalue weighted by atomic mass is 9.77. The summed E-state index contributed by atoms with van der Waals surface area (Å²) < 4.78 is 5.52. The third kappa shape index (κ3) is 3.43. The molecule has 3 nitrogen and oxygen atoms in total. The zero-order valence-corrected chi connectivity index (χ0v) is 11.8. The predicted octanol–water partition coefficient (Wildman–Crippen LogP) is 1.87. The van der Waals surface area contributed by atoms with Crippen LogP contribution in [0, 0.1) is 5.92 Å². The molecular formula is C14H28N2O. The Hall–Kier alpha value is -0.120. The van der Waals surface area contributed by atoms with Gasteiger partial charge in [-0.2, -0.15) is 0 Å². The van der Waals surface area contributed by atoms with Crippen molar-refractivity contribution in [2.45, 2.75) is 58.2 Å². The van der Waals surface area contributed by atoms with Crippen LogP contribution in [0.4, 0.5) is 0 Å². The molecule has 0 amide bonds. The summed E-state index contributed by atoms with van der Waals surface area (Å²) in [5.74, 6) is 0.842. The average Bonchev–Trinajstić information content (AvgIpc) is 2.18. The van der Waals surface area contributed by atoms with E-state index < -0.39 is 0 Å². The number of morpholine rings is 1. The maximum absolute atomic E-state index is 5.52. The maximum Gasteiger partial charge on any atom is 0.0619 e. The highest BCUT2D eigenvalue weighted by Crippen LogP contribution is 2.33. The lowest BCUT2D eigenvalue weighted by Gasteiger charge is -2.49. The molecule has 2 fully saturated rings. The van der Waals surface area contributed by atoms with Crippen LogP contribution in [-0.4, -0.2) is 48.8 Å². The second kappa shape index (κ2) is 5.25. The summed E-state index contributed by atoms with van der Waals surface area (Å²) in [5.41, 5.74) is 0.247. The Bertz CT molecular complexity index is 249. The van der Waals surface area contributed by atoms with Crippen LogP contribution in [-0.2, 0) is 4.74 Å². The number of nitrogens with zero attached hydrogens (tertiary/aromatic N) is 1. The topological polar surface area (TPSA) is 24.5 Å². The molecule has 0 spiro atoms. The summed E-state index contributed by atoms with van der Waals surface area (Å²) in [7, 11) is 0. The highest BCUT2D eigenvalue weighted by atomic mass is 16.5. The highest BCUT2D eigenvalue weighted by Gasteiger charge is 2.38. The van der Waals surface area contributed by atoms with Crippen LogP contribution in [0.15, 0.2) is 0 Å². The minimum Gasteiger partial charge on any atom is -0.379 e. The van der Waals surface area contributed by atoms with E-state index in [1.165, 1.54) is 12.8 Å². The van der Waals surface area contributed by atoms with Gasteiger partial charge in [-0.3, -0.25) is 4.90 Å². The van der Waals surface area contributed by atoms with Crippen molar-refractivity contribution in [2.75, 3.05) is 26.3 Å². The van der Waals surface area contributed by atoms with Gasteiger partial charge in [-0.25, -0.2) is 0 Å². The minimum atomic E-state index is 0.247. The lowest BCUT2D eigenvalue weighted by Crippen LogP contribution is -2.58. The molecule has 1 N–H and O–H groups in total. The van der Waals surface area contributed by atoms with Gasteiger partial charge in [0, 0.05) is 24.2 Å². The van der Waals surface area contributed by atoms with Gasteiger partial charge in [0.15, 0.2) is 0 Å². The number of hydrogen-bond acceptors (Lipinski definition) is 3. The van der Waals surface area contributed by atoms with E-state index in [1.807, 2.05) is 0 Å². The molecule has 2 aliphatic rings. The maximum atomic E-state index is 5.52. The molecule has 1 saturated carbocycles. The second-order valence-electron chi connectivity index (χ2n) is 6.70. The summed E-state index contributed by atoms with van der Waals surface area (Å²) in [5, 5.41) is 3.65. The molecule has 3 atom stereocenters. The van der Waals surface area contributed by atoms with Crippen molar-refractivity contribution in [1.29, 1.82) is 0 Å². The summed E-state index contributed by atoms with van der Waals surface area (Å²) in [6.45, 7) is 13.2. The molecule has 1 aliphatic heterocycles. The van der Waals surface area contributed by atoms with Crippen LogP contribution < -0.4 is 5.32 Å². The van der Waals surface area contributed by atoms with Crippen molar-refractivity contribution >= 4 is 0 Å². The van der Waals surface area contributed by atoms with E-state index in [2.05, 4.69) is 37.9 Å². The second-order valence-corrected chi connectivity index (χ2v) is 6.70. The Morgan fingerprint density at radius 3 is 2.59 bits per heavy atom. The van der Waals surface area contributed by atoms with Crippen molar-refractivity contribution in [1.82, 2.24) is 10.2 Å². The van der Waals surface area contributed by atoms with Gasteiger partial charge in [0.2, 0.25) is 0 Å². The van der Waals surface area contributed by atoms with Crippen LogP contribution in [0.5, 0.6) is 0 Å². The largest absolute Gasteiger partial charge is 0.379 e. The molecule has 1 saturated heterocycles. The molecule has 0 aromatic heterocycles. The molecule has 0 bridgehead atoms. The summed E-state index contributed by atoms with van der Waals surface area (Å²) in [6.07, 6.45) is 2.76. The number of ether oxygens (including phenoxy) is 1. The Labute approximate surface area is 106 Å². The minimum absolute atomic E-state index is 0.247. The van der Waals surface area contributed by atoms with E-state index in [9.17, 15) is 0 Å². The molecule has 17 heavy (non-hydrogen) atoms. The number of hydrogen-bond donors (Lipinski definition) is 1. The van der Waals surface area contributed by atoms with E-state index in [1.54, 1.807) is 0 Å². The third-order valence-electron chi connectivity index (χ3n) is 4.12. The molecule has 100 valence electrons. The molecule has 1 aliphatic carbocycles. The summed E-state index contributed by atoms with van der Waals surface area (Å²) in [6, 6.07) is 1.40. The highest BCUT2D eigenvalue weighted by molar-refractivity contribution is 4.93. The van der Waals surface area contributed by atoms with Gasteiger partial charge in [0.05, 0.1) is 13.2 Å². The first-order valence-corrected chi connectivity index (χ1v) is 7.06. The van der Waals surface area contributed by atoms with Gasteiger partial charge in [-0.05, 0) is 53.0 Å². The SMILES string of the molecule is CC1COCCN1C1CCC1CNC(C)(C)C. The molecule has 3 unspecified atom stereocenters. The Kier molecular flexibility index (Phi) is 4.11. The smallest absolute Gasteiger partial charge is 0.0619 e. The van der Waals surface area contributed by atoms with Crippen LogP contribution in [0.3, 0.4) is 0 Å². The van der Waals surface area contributed by atoms with Crippen molar-refractivity contribution in [2.24, 2.45) is 5.92 Å². The molecule has 3 heteroatoms. The van der Waals surface area contributed by atoms with Crippen molar-refractivity contribution in [3.63, 3.8) is 0 Å². The fourth-order valence-corrected chi connectivity index (χ4v) is 2.90. The first-order valence-electron chi connectivity index (χ1n) is 7.06. The van der Waals surface area contributed by atoms with E-state index in [4.69, 9.17) is 4.74 Å². The average molecular weight is 240 g/mol. The Balaban J connectivity index is 1.81. The van der Waals surface area contributed by atoms with E-state index in [0.717, 1.165) is 38.3 Å². The zero-order chi connectivity index (χ0) is 12.5. The van der Waals surface area contributed by atoms with Crippen molar-refractivity contribution in [3.05, 3.63) is 0 Å². The fourth-order valence-electron chi connectivity index (χ4n) is 2.90. The summed E-state index contributed by atoms with van der Waals surface area (Å²) >= 11 is 0. The van der Waals surface area contributed by atoms with Gasteiger partial charge >= 0.3 is 0 Å². The molecule has 2 rings (SSSR count). The first kappa shape index (κ1) is 13.3.